The Morgan fingerprint density at radius 2 is 1.91 bits per heavy atom. The third-order valence-electron chi connectivity index (χ3n) is 4.61. The molecule has 0 amide bonds. The molecule has 0 N–H and O–H groups in total. The fourth-order valence-electron chi connectivity index (χ4n) is 3.59. The first-order valence-corrected chi connectivity index (χ1v) is 9.32. The first-order chi connectivity index (χ1) is 10.7. The van der Waals surface area contributed by atoms with Gasteiger partial charge in [-0.15, -0.1) is 10.3 Å². The number of piperidine rings is 1. The SMILES string of the molecule is CC1(C)CC(C(=O)OCCCCc2ccsc2)CC(C)(C)N1[O]. The van der Waals surface area contributed by atoms with E-state index in [0.29, 0.717) is 19.4 Å². The molecule has 1 aromatic heterocycles. The molecular formula is C18H28NO3S. The highest BCUT2D eigenvalue weighted by molar-refractivity contribution is 7.07. The van der Waals surface area contributed by atoms with Crippen molar-refractivity contribution in [3.63, 3.8) is 0 Å². The first kappa shape index (κ1) is 18.4. The molecule has 1 aromatic rings. The fraction of sp³-hybridized carbons (Fsp3) is 0.722. The van der Waals surface area contributed by atoms with Crippen molar-refractivity contribution in [1.82, 2.24) is 5.06 Å². The quantitative estimate of drug-likeness (QED) is 0.576. The standard InChI is InChI=1S/C18H28NO3S/c1-17(2)11-15(12-18(3,4)19(17)21)16(20)22-9-6-5-7-14-8-10-23-13-14/h8,10,13,15H,5-7,9,11-12H2,1-4H3. The van der Waals surface area contributed by atoms with Crippen LogP contribution in [0.3, 0.4) is 0 Å². The van der Waals surface area contributed by atoms with Gasteiger partial charge >= 0.3 is 5.97 Å². The van der Waals surface area contributed by atoms with E-state index >= 15 is 0 Å². The lowest BCUT2D eigenvalue weighted by atomic mass is 9.75. The Hall–Kier alpha value is -0.910. The molecule has 2 rings (SSSR count). The van der Waals surface area contributed by atoms with E-state index in [1.807, 2.05) is 27.7 Å². The number of hydroxylamine groups is 2. The number of carbonyl (C=O) groups excluding carboxylic acids is 1. The van der Waals surface area contributed by atoms with Crippen LogP contribution in [0, 0.1) is 5.92 Å². The average Bonchev–Trinajstić information content (AvgIpc) is 2.96. The molecule has 0 aromatic carbocycles. The van der Waals surface area contributed by atoms with Crippen LogP contribution in [0.2, 0.25) is 0 Å². The number of esters is 1. The highest BCUT2D eigenvalue weighted by Gasteiger charge is 2.48. The van der Waals surface area contributed by atoms with Crippen molar-refractivity contribution in [2.75, 3.05) is 6.61 Å². The van der Waals surface area contributed by atoms with Gasteiger partial charge < -0.3 is 4.74 Å². The number of unbranched alkanes of at least 4 members (excludes halogenated alkanes) is 1. The van der Waals surface area contributed by atoms with Gasteiger partial charge in [0.15, 0.2) is 0 Å². The molecule has 1 aliphatic heterocycles. The minimum absolute atomic E-state index is 0.144. The van der Waals surface area contributed by atoms with E-state index < -0.39 is 11.1 Å². The summed E-state index contributed by atoms with van der Waals surface area (Å²) in [5.41, 5.74) is 0.307. The minimum Gasteiger partial charge on any atom is -0.465 e. The molecule has 1 saturated heterocycles. The molecule has 5 heteroatoms. The summed E-state index contributed by atoms with van der Waals surface area (Å²) < 4.78 is 5.47. The predicted molar refractivity (Wildman–Crippen MR) is 91.6 cm³/mol. The van der Waals surface area contributed by atoms with Crippen LogP contribution in [0.15, 0.2) is 16.8 Å². The Labute approximate surface area is 143 Å². The number of nitrogens with zero attached hydrogens (tertiary/aromatic N) is 1. The van der Waals surface area contributed by atoms with Crippen molar-refractivity contribution in [3.8, 4) is 0 Å². The summed E-state index contributed by atoms with van der Waals surface area (Å²) in [6, 6.07) is 2.14. The molecular weight excluding hydrogens is 310 g/mol. The van der Waals surface area contributed by atoms with Crippen molar-refractivity contribution >= 4 is 17.3 Å². The van der Waals surface area contributed by atoms with Gasteiger partial charge in [0, 0.05) is 11.1 Å². The van der Waals surface area contributed by atoms with E-state index in [1.54, 1.807) is 11.3 Å². The van der Waals surface area contributed by atoms with E-state index in [1.165, 1.54) is 5.56 Å². The summed E-state index contributed by atoms with van der Waals surface area (Å²) in [6.07, 6.45) is 4.08. The smallest absolute Gasteiger partial charge is 0.309 e. The average molecular weight is 338 g/mol. The second-order valence-electron chi connectivity index (χ2n) is 7.78. The largest absolute Gasteiger partial charge is 0.465 e. The maximum absolute atomic E-state index is 12.3. The fourth-order valence-corrected chi connectivity index (χ4v) is 4.29. The van der Waals surface area contributed by atoms with Gasteiger partial charge in [0.25, 0.3) is 0 Å². The number of ether oxygens (including phenoxy) is 1. The van der Waals surface area contributed by atoms with Crippen LogP contribution < -0.4 is 0 Å². The molecule has 0 spiro atoms. The Bertz CT molecular complexity index is 492. The van der Waals surface area contributed by atoms with Gasteiger partial charge in [0.1, 0.15) is 0 Å². The van der Waals surface area contributed by atoms with E-state index in [0.717, 1.165) is 24.3 Å². The molecule has 0 bridgehead atoms. The third kappa shape index (κ3) is 4.78. The summed E-state index contributed by atoms with van der Waals surface area (Å²) in [7, 11) is 0. The van der Waals surface area contributed by atoms with Crippen molar-refractivity contribution in [2.45, 2.75) is 70.9 Å². The number of hydrogen-bond acceptors (Lipinski definition) is 4. The van der Waals surface area contributed by atoms with Crippen molar-refractivity contribution in [2.24, 2.45) is 5.92 Å². The first-order valence-electron chi connectivity index (χ1n) is 8.37. The highest BCUT2D eigenvalue weighted by atomic mass is 32.1. The zero-order valence-electron chi connectivity index (χ0n) is 14.6. The monoisotopic (exact) mass is 338 g/mol. The lowest BCUT2D eigenvalue weighted by Gasteiger charge is -2.49. The maximum atomic E-state index is 12.3. The molecule has 1 radical (unpaired) electrons. The summed E-state index contributed by atoms with van der Waals surface area (Å²) >= 11 is 1.71. The molecule has 0 saturated carbocycles. The van der Waals surface area contributed by atoms with Crippen LogP contribution in [0.5, 0.6) is 0 Å². The molecule has 1 aliphatic rings. The minimum atomic E-state index is -0.523. The number of aryl methyl sites for hydroxylation is 1. The third-order valence-corrected chi connectivity index (χ3v) is 5.34. The van der Waals surface area contributed by atoms with Crippen LogP contribution in [0.4, 0.5) is 0 Å². The van der Waals surface area contributed by atoms with Gasteiger partial charge in [-0.05, 0) is 82.2 Å². The Kier molecular flexibility index (Phi) is 5.87. The predicted octanol–water partition coefficient (Wildman–Crippen LogP) is 4.23. The van der Waals surface area contributed by atoms with Gasteiger partial charge in [-0.3, -0.25) is 4.79 Å². The summed E-state index contributed by atoms with van der Waals surface area (Å²) in [4.78, 5) is 12.3. The Balaban J connectivity index is 1.75. The molecule has 0 aliphatic carbocycles. The van der Waals surface area contributed by atoms with Crippen molar-refractivity contribution < 1.29 is 14.7 Å². The van der Waals surface area contributed by atoms with Gasteiger partial charge in [-0.2, -0.15) is 11.3 Å². The number of carbonyl (C=O) groups is 1. The van der Waals surface area contributed by atoms with Crippen LogP contribution in [-0.4, -0.2) is 28.7 Å². The van der Waals surface area contributed by atoms with Gasteiger partial charge in [-0.1, -0.05) is 0 Å². The highest BCUT2D eigenvalue weighted by Crippen LogP contribution is 2.40. The van der Waals surface area contributed by atoms with Crippen LogP contribution in [0.25, 0.3) is 0 Å². The molecule has 129 valence electrons. The maximum Gasteiger partial charge on any atom is 0.309 e. The van der Waals surface area contributed by atoms with E-state index in [9.17, 15) is 10.0 Å². The lowest BCUT2D eigenvalue weighted by molar-refractivity contribution is -0.293. The normalized spacial score (nSPS) is 21.3. The van der Waals surface area contributed by atoms with Crippen molar-refractivity contribution in [3.05, 3.63) is 22.4 Å². The molecule has 0 atom stereocenters. The molecule has 0 unspecified atom stereocenters. The zero-order valence-corrected chi connectivity index (χ0v) is 15.4. The summed E-state index contributed by atoms with van der Waals surface area (Å²) in [6.45, 7) is 8.09. The molecule has 4 nitrogen and oxygen atoms in total. The van der Waals surface area contributed by atoms with E-state index in [2.05, 4.69) is 16.8 Å². The Morgan fingerprint density at radius 1 is 1.26 bits per heavy atom. The van der Waals surface area contributed by atoms with Gasteiger partial charge in [0.05, 0.1) is 12.5 Å². The number of rotatable bonds is 6. The summed E-state index contributed by atoms with van der Waals surface area (Å²) in [5.74, 6) is -0.322. The van der Waals surface area contributed by atoms with Gasteiger partial charge in [0.2, 0.25) is 0 Å². The second kappa shape index (κ2) is 7.32. The van der Waals surface area contributed by atoms with E-state index in [4.69, 9.17) is 4.74 Å². The van der Waals surface area contributed by atoms with Crippen LogP contribution in [0.1, 0.15) is 58.9 Å². The molecule has 23 heavy (non-hydrogen) atoms. The lowest BCUT2D eigenvalue weighted by Crippen LogP contribution is -2.59. The van der Waals surface area contributed by atoms with Crippen LogP contribution in [-0.2, 0) is 21.2 Å². The molecule has 2 heterocycles. The van der Waals surface area contributed by atoms with Gasteiger partial charge in [-0.25, -0.2) is 0 Å². The van der Waals surface area contributed by atoms with E-state index in [-0.39, 0.29) is 11.9 Å². The topological polar surface area (TPSA) is 49.4 Å². The van der Waals surface area contributed by atoms with Crippen LogP contribution >= 0.6 is 11.3 Å². The Morgan fingerprint density at radius 3 is 2.48 bits per heavy atom. The number of thiophene rings is 1. The summed E-state index contributed by atoms with van der Waals surface area (Å²) in [5, 5.41) is 17.7. The zero-order chi connectivity index (χ0) is 17.1. The molecule has 1 fully saturated rings. The number of hydrogen-bond donors (Lipinski definition) is 0. The second-order valence-corrected chi connectivity index (χ2v) is 8.56. The van der Waals surface area contributed by atoms with Crippen molar-refractivity contribution in [1.29, 1.82) is 0 Å².